The third-order valence-corrected chi connectivity index (χ3v) is 3.43. The molecular weight excluding hydrogens is 232 g/mol. The molecule has 2 rings (SSSR count). The molecule has 1 aromatic rings. The Hall–Kier alpha value is -0.570. The standard InChI is InChI=1S/C14H22N2.ClH/c1-11-5-6-13(12(2)8-11)9-16-7-3-4-14(15)10-16;/h5-6,8,14H,3-4,7,9-10,15H2,1-2H3;1H/t14-;/m1./s1. The second kappa shape index (κ2) is 6.39. The van der Waals surface area contributed by atoms with Gasteiger partial charge in [-0.05, 0) is 44.4 Å². The average Bonchev–Trinajstić information content (AvgIpc) is 2.22. The van der Waals surface area contributed by atoms with Crippen molar-refractivity contribution in [3.63, 3.8) is 0 Å². The quantitative estimate of drug-likeness (QED) is 0.879. The normalized spacial score (nSPS) is 21.0. The number of piperidine rings is 1. The van der Waals surface area contributed by atoms with Crippen LogP contribution in [-0.4, -0.2) is 24.0 Å². The first-order valence-electron chi connectivity index (χ1n) is 6.19. The molecule has 3 heteroatoms. The van der Waals surface area contributed by atoms with Crippen LogP contribution in [-0.2, 0) is 6.54 Å². The Balaban J connectivity index is 0.00000144. The van der Waals surface area contributed by atoms with E-state index >= 15 is 0 Å². The number of likely N-dealkylation sites (tertiary alicyclic amines) is 1. The molecular formula is C14H23ClN2. The molecule has 2 nitrogen and oxygen atoms in total. The van der Waals surface area contributed by atoms with Gasteiger partial charge in [-0.3, -0.25) is 4.90 Å². The van der Waals surface area contributed by atoms with Crippen LogP contribution in [0.5, 0.6) is 0 Å². The number of hydrogen-bond donors (Lipinski definition) is 1. The number of rotatable bonds is 2. The van der Waals surface area contributed by atoms with Gasteiger partial charge in [-0.1, -0.05) is 23.8 Å². The molecule has 0 aliphatic carbocycles. The molecule has 0 saturated carbocycles. The van der Waals surface area contributed by atoms with Gasteiger partial charge in [0.05, 0.1) is 0 Å². The molecule has 0 bridgehead atoms. The Bertz CT molecular complexity index is 365. The first-order valence-corrected chi connectivity index (χ1v) is 6.19. The summed E-state index contributed by atoms with van der Waals surface area (Å²) in [5.41, 5.74) is 10.2. The topological polar surface area (TPSA) is 29.3 Å². The molecule has 1 saturated heterocycles. The van der Waals surface area contributed by atoms with Crippen LogP contribution in [0.3, 0.4) is 0 Å². The second-order valence-electron chi connectivity index (χ2n) is 5.07. The third-order valence-electron chi connectivity index (χ3n) is 3.43. The number of nitrogens with zero attached hydrogens (tertiary/aromatic N) is 1. The van der Waals surface area contributed by atoms with E-state index in [1.54, 1.807) is 0 Å². The Kier molecular flexibility index (Phi) is 5.44. The minimum Gasteiger partial charge on any atom is -0.327 e. The zero-order valence-electron chi connectivity index (χ0n) is 10.8. The summed E-state index contributed by atoms with van der Waals surface area (Å²) in [6.45, 7) is 7.65. The van der Waals surface area contributed by atoms with E-state index in [1.807, 2.05) is 0 Å². The number of halogens is 1. The molecule has 0 amide bonds. The molecule has 0 unspecified atom stereocenters. The van der Waals surface area contributed by atoms with Gasteiger partial charge >= 0.3 is 0 Å². The minimum atomic E-state index is 0. The highest BCUT2D eigenvalue weighted by Gasteiger charge is 2.16. The molecule has 17 heavy (non-hydrogen) atoms. The Morgan fingerprint density at radius 3 is 2.76 bits per heavy atom. The monoisotopic (exact) mass is 254 g/mol. The molecule has 1 heterocycles. The lowest BCUT2D eigenvalue weighted by Gasteiger charge is -2.31. The van der Waals surface area contributed by atoms with E-state index in [1.165, 1.54) is 36.1 Å². The van der Waals surface area contributed by atoms with Crippen LogP contribution in [0, 0.1) is 13.8 Å². The SMILES string of the molecule is Cc1ccc(CN2CCC[C@@H](N)C2)c(C)c1.Cl. The summed E-state index contributed by atoms with van der Waals surface area (Å²) in [7, 11) is 0. The van der Waals surface area contributed by atoms with Crippen LogP contribution >= 0.6 is 12.4 Å². The predicted molar refractivity (Wildman–Crippen MR) is 75.7 cm³/mol. The lowest BCUT2D eigenvalue weighted by Crippen LogP contribution is -2.42. The van der Waals surface area contributed by atoms with Gasteiger partial charge in [0, 0.05) is 19.1 Å². The van der Waals surface area contributed by atoms with Crippen molar-refractivity contribution >= 4 is 12.4 Å². The lowest BCUT2D eigenvalue weighted by molar-refractivity contribution is 0.201. The van der Waals surface area contributed by atoms with Crippen LogP contribution in [0.15, 0.2) is 18.2 Å². The van der Waals surface area contributed by atoms with E-state index in [0.717, 1.165) is 13.1 Å². The van der Waals surface area contributed by atoms with Gasteiger partial charge in [-0.15, -0.1) is 12.4 Å². The molecule has 96 valence electrons. The molecule has 0 radical (unpaired) electrons. The maximum absolute atomic E-state index is 6.00. The molecule has 0 aromatic heterocycles. The zero-order valence-corrected chi connectivity index (χ0v) is 11.6. The molecule has 1 fully saturated rings. The molecule has 2 N–H and O–H groups in total. The highest BCUT2D eigenvalue weighted by Crippen LogP contribution is 2.16. The predicted octanol–water partition coefficient (Wildman–Crippen LogP) is 2.65. The fourth-order valence-electron chi connectivity index (χ4n) is 2.50. The van der Waals surface area contributed by atoms with E-state index in [4.69, 9.17) is 5.73 Å². The van der Waals surface area contributed by atoms with Gasteiger partial charge in [0.25, 0.3) is 0 Å². The third kappa shape index (κ3) is 3.98. The van der Waals surface area contributed by atoms with Crippen molar-refractivity contribution in [1.29, 1.82) is 0 Å². The van der Waals surface area contributed by atoms with E-state index in [2.05, 4.69) is 36.9 Å². The van der Waals surface area contributed by atoms with E-state index in [-0.39, 0.29) is 12.4 Å². The number of nitrogens with two attached hydrogens (primary N) is 1. The summed E-state index contributed by atoms with van der Waals surface area (Å²) in [4.78, 5) is 2.48. The zero-order chi connectivity index (χ0) is 11.5. The smallest absolute Gasteiger partial charge is 0.0237 e. The van der Waals surface area contributed by atoms with Gasteiger partial charge in [0.1, 0.15) is 0 Å². The Morgan fingerprint density at radius 2 is 2.12 bits per heavy atom. The molecule has 1 atom stereocenters. The van der Waals surface area contributed by atoms with Crippen molar-refractivity contribution in [1.82, 2.24) is 4.90 Å². The van der Waals surface area contributed by atoms with Crippen molar-refractivity contribution < 1.29 is 0 Å². The van der Waals surface area contributed by atoms with Crippen molar-refractivity contribution in [2.75, 3.05) is 13.1 Å². The summed E-state index contributed by atoms with van der Waals surface area (Å²) in [5.74, 6) is 0. The van der Waals surface area contributed by atoms with Crippen LogP contribution in [0.1, 0.15) is 29.5 Å². The molecule has 1 aliphatic heterocycles. The van der Waals surface area contributed by atoms with Crippen LogP contribution in [0.2, 0.25) is 0 Å². The summed E-state index contributed by atoms with van der Waals surface area (Å²) < 4.78 is 0. The maximum atomic E-state index is 6.00. The minimum absolute atomic E-state index is 0. The van der Waals surface area contributed by atoms with Gasteiger partial charge in [0.2, 0.25) is 0 Å². The summed E-state index contributed by atoms with van der Waals surface area (Å²) in [5, 5.41) is 0. The highest BCUT2D eigenvalue weighted by molar-refractivity contribution is 5.85. The van der Waals surface area contributed by atoms with Gasteiger partial charge < -0.3 is 5.73 Å². The van der Waals surface area contributed by atoms with E-state index in [9.17, 15) is 0 Å². The Morgan fingerprint density at radius 1 is 1.35 bits per heavy atom. The summed E-state index contributed by atoms with van der Waals surface area (Å²) in [6, 6.07) is 7.09. The van der Waals surface area contributed by atoms with Crippen molar-refractivity contribution in [2.45, 2.75) is 39.3 Å². The van der Waals surface area contributed by atoms with Crippen molar-refractivity contribution in [3.8, 4) is 0 Å². The number of benzene rings is 1. The first kappa shape index (κ1) is 14.5. The van der Waals surface area contributed by atoms with Gasteiger partial charge in [0.15, 0.2) is 0 Å². The summed E-state index contributed by atoms with van der Waals surface area (Å²) in [6.07, 6.45) is 2.43. The van der Waals surface area contributed by atoms with Gasteiger partial charge in [-0.25, -0.2) is 0 Å². The van der Waals surface area contributed by atoms with E-state index < -0.39 is 0 Å². The van der Waals surface area contributed by atoms with Crippen molar-refractivity contribution in [3.05, 3.63) is 34.9 Å². The maximum Gasteiger partial charge on any atom is 0.0237 e. The average molecular weight is 255 g/mol. The number of hydrogen-bond acceptors (Lipinski definition) is 2. The Labute approximate surface area is 111 Å². The van der Waals surface area contributed by atoms with Crippen LogP contribution in [0.25, 0.3) is 0 Å². The van der Waals surface area contributed by atoms with Crippen molar-refractivity contribution in [2.24, 2.45) is 5.73 Å². The van der Waals surface area contributed by atoms with Crippen LogP contribution in [0.4, 0.5) is 0 Å². The fraction of sp³-hybridized carbons (Fsp3) is 0.571. The molecule has 1 aliphatic rings. The number of aryl methyl sites for hydroxylation is 2. The largest absolute Gasteiger partial charge is 0.327 e. The van der Waals surface area contributed by atoms with Crippen LogP contribution < -0.4 is 5.73 Å². The molecule has 0 spiro atoms. The van der Waals surface area contributed by atoms with Gasteiger partial charge in [-0.2, -0.15) is 0 Å². The lowest BCUT2D eigenvalue weighted by atomic mass is 10.0. The second-order valence-corrected chi connectivity index (χ2v) is 5.07. The van der Waals surface area contributed by atoms with E-state index in [0.29, 0.717) is 6.04 Å². The molecule has 1 aromatic carbocycles. The highest BCUT2D eigenvalue weighted by atomic mass is 35.5. The first-order chi connectivity index (χ1) is 7.65. The fourth-order valence-corrected chi connectivity index (χ4v) is 2.50. The summed E-state index contributed by atoms with van der Waals surface area (Å²) >= 11 is 0.